The lowest BCUT2D eigenvalue weighted by molar-refractivity contribution is -0.130. The largest absolute Gasteiger partial charge is 0.457 e. The molecule has 2 N–H and O–H groups in total. The van der Waals surface area contributed by atoms with E-state index in [0.717, 1.165) is 5.75 Å². The summed E-state index contributed by atoms with van der Waals surface area (Å²) >= 11 is 0. The van der Waals surface area contributed by atoms with Crippen molar-refractivity contribution >= 4 is 29.1 Å². The highest BCUT2D eigenvalue weighted by atomic mass is 16.5. The number of ether oxygens (including phenoxy) is 1. The van der Waals surface area contributed by atoms with Gasteiger partial charge in [-0.1, -0.05) is 18.2 Å². The molecule has 0 unspecified atom stereocenters. The van der Waals surface area contributed by atoms with Gasteiger partial charge in [0, 0.05) is 24.1 Å². The van der Waals surface area contributed by atoms with Crippen LogP contribution in [0.2, 0.25) is 0 Å². The Labute approximate surface area is 173 Å². The van der Waals surface area contributed by atoms with E-state index in [9.17, 15) is 14.4 Å². The number of hydrazine groups is 1. The van der Waals surface area contributed by atoms with Gasteiger partial charge in [0.1, 0.15) is 11.5 Å². The maximum atomic E-state index is 12.5. The van der Waals surface area contributed by atoms with E-state index in [2.05, 4.69) is 10.7 Å². The molecule has 0 aliphatic carbocycles. The van der Waals surface area contributed by atoms with Crippen LogP contribution in [0.3, 0.4) is 0 Å². The van der Waals surface area contributed by atoms with Gasteiger partial charge in [0.25, 0.3) is 5.91 Å². The van der Waals surface area contributed by atoms with E-state index in [1.807, 2.05) is 30.3 Å². The van der Waals surface area contributed by atoms with Crippen molar-refractivity contribution in [1.82, 2.24) is 5.43 Å². The van der Waals surface area contributed by atoms with E-state index >= 15 is 0 Å². The Morgan fingerprint density at radius 1 is 0.833 bits per heavy atom. The van der Waals surface area contributed by atoms with Gasteiger partial charge in [-0.3, -0.25) is 19.8 Å². The zero-order valence-corrected chi connectivity index (χ0v) is 16.0. The van der Waals surface area contributed by atoms with Crippen molar-refractivity contribution in [3.05, 3.63) is 84.4 Å². The number of carbonyl (C=O) groups is 3. The first kappa shape index (κ1) is 19.2. The second-order valence-electron chi connectivity index (χ2n) is 6.70. The molecular weight excluding hydrogens is 382 g/mol. The Kier molecular flexibility index (Phi) is 5.43. The quantitative estimate of drug-likeness (QED) is 0.679. The molecule has 0 atom stereocenters. The number of anilines is 2. The summed E-state index contributed by atoms with van der Waals surface area (Å²) in [5.41, 5.74) is 4.09. The minimum absolute atomic E-state index is 0.165. The third-order valence-electron chi connectivity index (χ3n) is 4.53. The summed E-state index contributed by atoms with van der Waals surface area (Å²) in [7, 11) is 0. The highest BCUT2D eigenvalue weighted by Gasteiger charge is 2.24. The maximum absolute atomic E-state index is 12.5. The fourth-order valence-electron chi connectivity index (χ4n) is 2.98. The van der Waals surface area contributed by atoms with Crippen LogP contribution < -0.4 is 20.5 Å². The van der Waals surface area contributed by atoms with Gasteiger partial charge in [0.05, 0.1) is 5.69 Å². The molecule has 3 amide bonds. The van der Waals surface area contributed by atoms with Gasteiger partial charge < -0.3 is 10.1 Å². The Balaban J connectivity index is 1.39. The molecule has 3 aromatic carbocycles. The third kappa shape index (κ3) is 4.47. The Hall–Kier alpha value is -4.13. The Morgan fingerprint density at radius 3 is 2.20 bits per heavy atom. The van der Waals surface area contributed by atoms with E-state index < -0.39 is 0 Å². The average Bonchev–Trinajstić information content (AvgIpc) is 2.77. The van der Waals surface area contributed by atoms with Crippen LogP contribution >= 0.6 is 0 Å². The standard InChI is InChI=1S/C23H19N3O4/c27-21-14-15-22(28)26(25-21)18-10-6-16(7-11-18)23(29)24-17-8-12-20(13-9-17)30-19-4-2-1-3-5-19/h1-13H,14-15H2,(H,24,29)(H,25,27). The molecule has 4 rings (SSSR count). The molecule has 1 heterocycles. The van der Waals surface area contributed by atoms with E-state index in [-0.39, 0.29) is 30.6 Å². The van der Waals surface area contributed by atoms with Crippen molar-refractivity contribution in [3.63, 3.8) is 0 Å². The first-order chi connectivity index (χ1) is 14.6. The van der Waals surface area contributed by atoms with Gasteiger partial charge in [-0.25, -0.2) is 5.01 Å². The summed E-state index contributed by atoms with van der Waals surface area (Å²) in [6.45, 7) is 0. The number of amides is 3. The predicted molar refractivity (Wildman–Crippen MR) is 112 cm³/mol. The minimum atomic E-state index is -0.285. The SMILES string of the molecule is O=C1CCC(=O)N(c2ccc(C(=O)Nc3ccc(Oc4ccccc4)cc3)cc2)N1. The lowest BCUT2D eigenvalue weighted by Crippen LogP contribution is -2.50. The van der Waals surface area contributed by atoms with Crippen LogP contribution in [0.25, 0.3) is 0 Å². The summed E-state index contributed by atoms with van der Waals surface area (Å²) in [6, 6.07) is 22.9. The van der Waals surface area contributed by atoms with Crippen LogP contribution in [0.1, 0.15) is 23.2 Å². The molecular formula is C23H19N3O4. The molecule has 30 heavy (non-hydrogen) atoms. The number of hydrogen-bond donors (Lipinski definition) is 2. The van der Waals surface area contributed by atoms with Crippen LogP contribution in [0.4, 0.5) is 11.4 Å². The number of nitrogens with zero attached hydrogens (tertiary/aromatic N) is 1. The fraction of sp³-hybridized carbons (Fsp3) is 0.0870. The Bertz CT molecular complexity index is 1060. The summed E-state index contributed by atoms with van der Waals surface area (Å²) < 4.78 is 5.74. The molecule has 3 aromatic rings. The van der Waals surface area contributed by atoms with Crippen LogP contribution in [-0.4, -0.2) is 17.7 Å². The van der Waals surface area contributed by atoms with Crippen molar-refractivity contribution < 1.29 is 19.1 Å². The van der Waals surface area contributed by atoms with Crippen molar-refractivity contribution in [2.24, 2.45) is 0 Å². The minimum Gasteiger partial charge on any atom is -0.457 e. The fourth-order valence-corrected chi connectivity index (χ4v) is 2.98. The summed E-state index contributed by atoms with van der Waals surface area (Å²) in [4.78, 5) is 36.0. The molecule has 7 nitrogen and oxygen atoms in total. The zero-order valence-electron chi connectivity index (χ0n) is 16.0. The van der Waals surface area contributed by atoms with E-state index in [0.29, 0.717) is 22.7 Å². The average molecular weight is 401 g/mol. The zero-order chi connectivity index (χ0) is 20.9. The highest BCUT2D eigenvalue weighted by molar-refractivity contribution is 6.05. The molecule has 0 aromatic heterocycles. The second-order valence-corrected chi connectivity index (χ2v) is 6.70. The van der Waals surface area contributed by atoms with Crippen LogP contribution in [0.15, 0.2) is 78.9 Å². The molecule has 1 saturated heterocycles. The predicted octanol–water partition coefficient (Wildman–Crippen LogP) is 3.89. The number of para-hydroxylation sites is 1. The van der Waals surface area contributed by atoms with E-state index in [1.54, 1.807) is 48.5 Å². The molecule has 150 valence electrons. The van der Waals surface area contributed by atoms with Crippen molar-refractivity contribution in [2.75, 3.05) is 10.3 Å². The molecule has 1 aliphatic heterocycles. The number of hydrogen-bond acceptors (Lipinski definition) is 4. The number of benzene rings is 3. The first-order valence-corrected chi connectivity index (χ1v) is 9.45. The molecule has 0 bridgehead atoms. The lowest BCUT2D eigenvalue weighted by atomic mass is 10.1. The first-order valence-electron chi connectivity index (χ1n) is 9.45. The Morgan fingerprint density at radius 2 is 1.50 bits per heavy atom. The summed E-state index contributed by atoms with van der Waals surface area (Å²) in [5.74, 6) is 0.711. The normalized spacial score (nSPS) is 13.5. The number of carbonyl (C=O) groups excluding carboxylic acids is 3. The molecule has 7 heteroatoms. The summed E-state index contributed by atoms with van der Waals surface area (Å²) in [6.07, 6.45) is 0.350. The monoisotopic (exact) mass is 401 g/mol. The van der Waals surface area contributed by atoms with Gasteiger partial charge in [-0.2, -0.15) is 0 Å². The molecule has 1 fully saturated rings. The second kappa shape index (κ2) is 8.48. The van der Waals surface area contributed by atoms with E-state index in [4.69, 9.17) is 4.74 Å². The smallest absolute Gasteiger partial charge is 0.255 e. The van der Waals surface area contributed by atoms with Crippen molar-refractivity contribution in [3.8, 4) is 11.5 Å². The number of nitrogens with one attached hydrogen (secondary N) is 2. The number of rotatable bonds is 5. The van der Waals surface area contributed by atoms with Gasteiger partial charge in [0.15, 0.2) is 0 Å². The van der Waals surface area contributed by atoms with Crippen molar-refractivity contribution in [1.29, 1.82) is 0 Å². The summed E-state index contributed by atoms with van der Waals surface area (Å²) in [5, 5.41) is 4.03. The molecule has 1 aliphatic rings. The molecule has 0 saturated carbocycles. The van der Waals surface area contributed by atoms with E-state index in [1.165, 1.54) is 5.01 Å². The van der Waals surface area contributed by atoms with Gasteiger partial charge in [0.2, 0.25) is 11.8 Å². The maximum Gasteiger partial charge on any atom is 0.255 e. The lowest BCUT2D eigenvalue weighted by Gasteiger charge is -2.27. The highest BCUT2D eigenvalue weighted by Crippen LogP contribution is 2.23. The van der Waals surface area contributed by atoms with Gasteiger partial charge >= 0.3 is 0 Å². The van der Waals surface area contributed by atoms with Crippen LogP contribution in [0.5, 0.6) is 11.5 Å². The van der Waals surface area contributed by atoms with Gasteiger partial charge in [-0.05, 0) is 60.7 Å². The van der Waals surface area contributed by atoms with Crippen LogP contribution in [-0.2, 0) is 9.59 Å². The van der Waals surface area contributed by atoms with Crippen LogP contribution in [0, 0.1) is 0 Å². The van der Waals surface area contributed by atoms with Gasteiger partial charge in [-0.15, -0.1) is 0 Å². The molecule has 0 radical (unpaired) electrons. The topological polar surface area (TPSA) is 87.7 Å². The van der Waals surface area contributed by atoms with Crippen molar-refractivity contribution in [2.45, 2.75) is 12.8 Å². The molecule has 0 spiro atoms. The third-order valence-corrected chi connectivity index (χ3v) is 4.53.